The molecular formula is C18H19Cl2N3O. The van der Waals surface area contributed by atoms with Crippen LogP contribution in [0.2, 0.25) is 10.0 Å². The minimum atomic E-state index is -0.0275. The highest BCUT2D eigenvalue weighted by Gasteiger charge is 2.21. The molecule has 1 aliphatic heterocycles. The summed E-state index contributed by atoms with van der Waals surface area (Å²) >= 11 is 12.0. The zero-order valence-electron chi connectivity index (χ0n) is 13.2. The molecule has 0 spiro atoms. The van der Waals surface area contributed by atoms with Gasteiger partial charge in [-0.2, -0.15) is 0 Å². The van der Waals surface area contributed by atoms with Gasteiger partial charge in [-0.3, -0.25) is 14.7 Å². The van der Waals surface area contributed by atoms with Crippen LogP contribution >= 0.6 is 23.2 Å². The van der Waals surface area contributed by atoms with E-state index in [0.29, 0.717) is 15.6 Å². The van der Waals surface area contributed by atoms with E-state index >= 15 is 0 Å². The Hall–Kier alpha value is -1.62. The third kappa shape index (κ3) is 4.47. The smallest absolute Gasteiger partial charge is 0.251 e. The number of likely N-dealkylation sites (tertiary alicyclic amines) is 1. The van der Waals surface area contributed by atoms with E-state index in [4.69, 9.17) is 23.2 Å². The summed E-state index contributed by atoms with van der Waals surface area (Å²) in [6.45, 7) is 2.74. The Morgan fingerprint density at radius 3 is 2.50 bits per heavy atom. The topological polar surface area (TPSA) is 45.2 Å². The van der Waals surface area contributed by atoms with Gasteiger partial charge in [0.1, 0.15) is 0 Å². The van der Waals surface area contributed by atoms with Crippen molar-refractivity contribution in [1.29, 1.82) is 0 Å². The molecule has 2 aromatic rings. The Morgan fingerprint density at radius 2 is 1.83 bits per heavy atom. The van der Waals surface area contributed by atoms with Gasteiger partial charge < -0.3 is 5.32 Å². The lowest BCUT2D eigenvalue weighted by Gasteiger charge is -2.32. The molecule has 0 bridgehead atoms. The van der Waals surface area contributed by atoms with Crippen LogP contribution in [-0.4, -0.2) is 34.9 Å². The summed E-state index contributed by atoms with van der Waals surface area (Å²) in [7, 11) is 0. The molecule has 4 nitrogen and oxygen atoms in total. The number of carbonyl (C=O) groups is 1. The SMILES string of the molecule is O=C(NC1CCN(Cc2ccc(Cl)c(Cl)c2)CC1)c1ccncc1. The van der Waals surface area contributed by atoms with Gasteiger partial charge in [0.25, 0.3) is 5.91 Å². The van der Waals surface area contributed by atoms with Crippen molar-refractivity contribution < 1.29 is 4.79 Å². The molecule has 0 atom stereocenters. The van der Waals surface area contributed by atoms with Gasteiger partial charge in [0, 0.05) is 43.6 Å². The molecule has 1 aliphatic rings. The number of piperidine rings is 1. The standard InChI is InChI=1S/C18H19Cl2N3O/c19-16-2-1-13(11-17(16)20)12-23-9-5-15(6-10-23)22-18(24)14-3-7-21-8-4-14/h1-4,7-8,11,15H,5-6,9-10,12H2,(H,22,24). The number of rotatable bonds is 4. The molecule has 126 valence electrons. The monoisotopic (exact) mass is 363 g/mol. The van der Waals surface area contributed by atoms with Crippen molar-refractivity contribution in [3.05, 3.63) is 63.9 Å². The number of carbonyl (C=O) groups excluding carboxylic acids is 1. The van der Waals surface area contributed by atoms with Gasteiger partial charge in [-0.25, -0.2) is 0 Å². The van der Waals surface area contributed by atoms with Crippen LogP contribution in [0.4, 0.5) is 0 Å². The van der Waals surface area contributed by atoms with Gasteiger partial charge in [0.15, 0.2) is 0 Å². The summed E-state index contributed by atoms with van der Waals surface area (Å²) in [6, 6.07) is 9.44. The number of halogens is 2. The Bertz CT molecular complexity index is 701. The van der Waals surface area contributed by atoms with Crippen LogP contribution in [0.25, 0.3) is 0 Å². The Morgan fingerprint density at radius 1 is 1.12 bits per heavy atom. The second kappa shape index (κ2) is 7.97. The average molecular weight is 364 g/mol. The summed E-state index contributed by atoms with van der Waals surface area (Å²) < 4.78 is 0. The number of aromatic nitrogens is 1. The first-order chi connectivity index (χ1) is 11.6. The fourth-order valence-corrected chi connectivity index (χ4v) is 3.22. The maximum Gasteiger partial charge on any atom is 0.251 e. The highest BCUT2D eigenvalue weighted by Crippen LogP contribution is 2.24. The van der Waals surface area contributed by atoms with E-state index in [9.17, 15) is 4.79 Å². The molecule has 0 unspecified atom stereocenters. The molecular weight excluding hydrogens is 345 g/mol. The highest BCUT2D eigenvalue weighted by molar-refractivity contribution is 6.42. The maximum absolute atomic E-state index is 12.2. The predicted octanol–water partition coefficient (Wildman–Crippen LogP) is 3.78. The molecule has 1 N–H and O–H groups in total. The first-order valence-corrected chi connectivity index (χ1v) is 8.74. The van der Waals surface area contributed by atoms with Gasteiger partial charge in [-0.15, -0.1) is 0 Å². The fraction of sp³-hybridized carbons (Fsp3) is 0.333. The lowest BCUT2D eigenvalue weighted by Crippen LogP contribution is -2.44. The molecule has 24 heavy (non-hydrogen) atoms. The maximum atomic E-state index is 12.2. The van der Waals surface area contributed by atoms with E-state index in [1.54, 1.807) is 24.5 Å². The Balaban J connectivity index is 1.49. The number of pyridine rings is 1. The zero-order chi connectivity index (χ0) is 16.9. The van der Waals surface area contributed by atoms with E-state index in [2.05, 4.69) is 15.2 Å². The molecule has 0 saturated carbocycles. The molecule has 1 aromatic heterocycles. The summed E-state index contributed by atoms with van der Waals surface area (Å²) in [5.74, 6) is -0.0275. The van der Waals surface area contributed by atoms with Crippen molar-refractivity contribution in [2.24, 2.45) is 0 Å². The summed E-state index contributed by atoms with van der Waals surface area (Å²) in [5, 5.41) is 4.28. The third-order valence-corrected chi connectivity index (χ3v) is 4.99. The number of amides is 1. The van der Waals surface area contributed by atoms with Crippen molar-refractivity contribution in [3.8, 4) is 0 Å². The van der Waals surface area contributed by atoms with Crippen molar-refractivity contribution in [3.63, 3.8) is 0 Å². The zero-order valence-corrected chi connectivity index (χ0v) is 14.7. The number of benzene rings is 1. The second-order valence-electron chi connectivity index (χ2n) is 6.01. The van der Waals surface area contributed by atoms with Crippen LogP contribution in [0.3, 0.4) is 0 Å². The highest BCUT2D eigenvalue weighted by atomic mass is 35.5. The van der Waals surface area contributed by atoms with E-state index in [1.807, 2.05) is 18.2 Å². The molecule has 1 saturated heterocycles. The number of nitrogens with zero attached hydrogens (tertiary/aromatic N) is 2. The number of hydrogen-bond acceptors (Lipinski definition) is 3. The fourth-order valence-electron chi connectivity index (χ4n) is 2.90. The molecule has 0 radical (unpaired) electrons. The van der Waals surface area contributed by atoms with E-state index < -0.39 is 0 Å². The number of hydrogen-bond donors (Lipinski definition) is 1. The van der Waals surface area contributed by atoms with Crippen molar-refractivity contribution >= 4 is 29.1 Å². The van der Waals surface area contributed by atoms with Gasteiger partial charge >= 0.3 is 0 Å². The van der Waals surface area contributed by atoms with E-state index in [0.717, 1.165) is 38.0 Å². The Kier molecular flexibility index (Phi) is 5.72. The normalized spacial score (nSPS) is 16.1. The summed E-state index contributed by atoms with van der Waals surface area (Å²) in [4.78, 5) is 18.5. The van der Waals surface area contributed by atoms with Gasteiger partial charge in [-0.05, 0) is 42.7 Å². The molecule has 1 amide bonds. The van der Waals surface area contributed by atoms with Crippen LogP contribution in [0.15, 0.2) is 42.7 Å². The van der Waals surface area contributed by atoms with Crippen LogP contribution in [-0.2, 0) is 6.54 Å². The van der Waals surface area contributed by atoms with Crippen LogP contribution in [0, 0.1) is 0 Å². The lowest BCUT2D eigenvalue weighted by atomic mass is 10.0. The van der Waals surface area contributed by atoms with Gasteiger partial charge in [0.2, 0.25) is 0 Å². The van der Waals surface area contributed by atoms with E-state index in [-0.39, 0.29) is 11.9 Å². The average Bonchev–Trinajstić information content (AvgIpc) is 2.61. The third-order valence-electron chi connectivity index (χ3n) is 4.26. The molecule has 6 heteroatoms. The quantitative estimate of drug-likeness (QED) is 0.898. The first-order valence-electron chi connectivity index (χ1n) is 7.99. The minimum absolute atomic E-state index is 0.0275. The lowest BCUT2D eigenvalue weighted by molar-refractivity contribution is 0.0909. The van der Waals surface area contributed by atoms with Gasteiger partial charge in [-0.1, -0.05) is 29.3 Å². The van der Waals surface area contributed by atoms with Crippen LogP contribution in [0.5, 0.6) is 0 Å². The largest absolute Gasteiger partial charge is 0.349 e. The van der Waals surface area contributed by atoms with Crippen molar-refractivity contribution in [1.82, 2.24) is 15.2 Å². The summed E-state index contributed by atoms with van der Waals surface area (Å²) in [5.41, 5.74) is 1.81. The Labute approximate surface area is 151 Å². The molecule has 1 aromatic carbocycles. The molecule has 2 heterocycles. The summed E-state index contributed by atoms with van der Waals surface area (Å²) in [6.07, 6.45) is 5.15. The number of nitrogens with one attached hydrogen (secondary N) is 1. The first kappa shape index (κ1) is 17.2. The minimum Gasteiger partial charge on any atom is -0.349 e. The van der Waals surface area contributed by atoms with Crippen LogP contribution in [0.1, 0.15) is 28.8 Å². The van der Waals surface area contributed by atoms with Crippen LogP contribution < -0.4 is 5.32 Å². The molecule has 3 rings (SSSR count). The van der Waals surface area contributed by atoms with E-state index in [1.165, 1.54) is 0 Å². The predicted molar refractivity (Wildman–Crippen MR) is 96.5 cm³/mol. The van der Waals surface area contributed by atoms with Gasteiger partial charge in [0.05, 0.1) is 10.0 Å². The molecule has 1 fully saturated rings. The van der Waals surface area contributed by atoms with Crippen molar-refractivity contribution in [2.75, 3.05) is 13.1 Å². The molecule has 0 aliphatic carbocycles. The second-order valence-corrected chi connectivity index (χ2v) is 6.82. The van der Waals surface area contributed by atoms with Crippen molar-refractivity contribution in [2.45, 2.75) is 25.4 Å².